The first-order valence-electron chi connectivity index (χ1n) is 7.03. The van der Waals surface area contributed by atoms with Gasteiger partial charge in [0, 0.05) is 6.04 Å². The van der Waals surface area contributed by atoms with Crippen LogP contribution in [0.5, 0.6) is 0 Å². The number of hydrogen-bond donors (Lipinski definition) is 1. The van der Waals surface area contributed by atoms with Crippen molar-refractivity contribution in [3.63, 3.8) is 0 Å². The second-order valence-corrected chi connectivity index (χ2v) is 5.35. The molecular formula is C15H24Cl2N2. The van der Waals surface area contributed by atoms with E-state index in [2.05, 4.69) is 37.1 Å². The fraction of sp³-hybridized carbons (Fsp3) is 0.600. The molecule has 0 radical (unpaired) electrons. The fourth-order valence-electron chi connectivity index (χ4n) is 2.26. The van der Waals surface area contributed by atoms with Crippen molar-refractivity contribution in [2.24, 2.45) is 0 Å². The first-order chi connectivity index (χ1) is 9.13. The van der Waals surface area contributed by atoms with Gasteiger partial charge in [-0.1, -0.05) is 56.1 Å². The smallest absolute Gasteiger partial charge is 0.0640 e. The topological polar surface area (TPSA) is 15.3 Å². The zero-order chi connectivity index (χ0) is 14.3. The van der Waals surface area contributed by atoms with Gasteiger partial charge in [-0.25, -0.2) is 0 Å². The highest BCUT2D eigenvalue weighted by atomic mass is 35.5. The highest BCUT2D eigenvalue weighted by Gasteiger charge is 2.16. The minimum atomic E-state index is 0.261. The van der Waals surface area contributed by atoms with Crippen LogP contribution in [0.3, 0.4) is 0 Å². The minimum Gasteiger partial charge on any atom is -0.310 e. The lowest BCUT2D eigenvalue weighted by molar-refractivity contribution is 0.282. The molecule has 19 heavy (non-hydrogen) atoms. The molecule has 0 heterocycles. The van der Waals surface area contributed by atoms with Gasteiger partial charge >= 0.3 is 0 Å². The normalized spacial score (nSPS) is 12.9. The molecule has 0 aliphatic carbocycles. The predicted molar refractivity (Wildman–Crippen MR) is 85.3 cm³/mol. The molecule has 0 saturated carbocycles. The zero-order valence-corrected chi connectivity index (χ0v) is 13.6. The molecular weight excluding hydrogens is 279 g/mol. The van der Waals surface area contributed by atoms with Crippen LogP contribution in [0.1, 0.15) is 38.8 Å². The first kappa shape index (κ1) is 16.8. The highest BCUT2D eigenvalue weighted by molar-refractivity contribution is 6.42. The number of halogens is 2. The molecule has 0 amide bonds. The number of benzene rings is 1. The van der Waals surface area contributed by atoms with Crippen LogP contribution in [0, 0.1) is 0 Å². The Hall–Kier alpha value is -0.280. The summed E-state index contributed by atoms with van der Waals surface area (Å²) in [6.07, 6.45) is 1.04. The maximum atomic E-state index is 6.32. The molecule has 0 aromatic heterocycles. The van der Waals surface area contributed by atoms with E-state index in [-0.39, 0.29) is 6.04 Å². The summed E-state index contributed by atoms with van der Waals surface area (Å²) in [5.74, 6) is 0. The Morgan fingerprint density at radius 1 is 1.16 bits per heavy atom. The van der Waals surface area contributed by atoms with Gasteiger partial charge in [0.15, 0.2) is 0 Å². The lowest BCUT2D eigenvalue weighted by Crippen LogP contribution is -2.29. The Labute approximate surface area is 127 Å². The summed E-state index contributed by atoms with van der Waals surface area (Å²) in [5, 5.41) is 4.81. The predicted octanol–water partition coefficient (Wildman–Crippen LogP) is 4.38. The lowest BCUT2D eigenvalue weighted by atomic mass is 10.0. The van der Waals surface area contributed by atoms with Crippen LogP contribution in [0.2, 0.25) is 10.0 Å². The number of hydrogen-bond acceptors (Lipinski definition) is 2. The van der Waals surface area contributed by atoms with Crippen LogP contribution in [-0.2, 0) is 0 Å². The molecule has 1 aromatic carbocycles. The number of nitrogens with zero attached hydrogens (tertiary/aromatic N) is 1. The molecule has 4 heteroatoms. The van der Waals surface area contributed by atoms with Crippen molar-refractivity contribution in [1.29, 1.82) is 0 Å². The third-order valence-corrected chi connectivity index (χ3v) is 4.27. The van der Waals surface area contributed by atoms with Gasteiger partial charge in [-0.05, 0) is 44.2 Å². The molecule has 0 aliphatic heterocycles. The summed E-state index contributed by atoms with van der Waals surface area (Å²) in [6.45, 7) is 10.6. The van der Waals surface area contributed by atoms with E-state index in [4.69, 9.17) is 23.2 Å². The Bertz CT molecular complexity index is 378. The Kier molecular flexibility index (Phi) is 7.77. The van der Waals surface area contributed by atoms with Crippen molar-refractivity contribution >= 4 is 23.2 Å². The lowest BCUT2D eigenvalue weighted by Gasteiger charge is -2.24. The quantitative estimate of drug-likeness (QED) is 0.767. The first-order valence-corrected chi connectivity index (χ1v) is 7.79. The second-order valence-electron chi connectivity index (χ2n) is 4.57. The summed E-state index contributed by atoms with van der Waals surface area (Å²) >= 11 is 12.4. The van der Waals surface area contributed by atoms with E-state index in [9.17, 15) is 0 Å². The third kappa shape index (κ3) is 4.96. The molecule has 108 valence electrons. The average Bonchev–Trinajstić information content (AvgIpc) is 2.42. The van der Waals surface area contributed by atoms with E-state index in [1.165, 1.54) is 0 Å². The standard InChI is InChI=1S/C15H24Cl2N2/c1-4-18-14(10-11-19(5-2)6-3)12-8-7-9-13(16)15(12)17/h7-9,14,18H,4-6,10-11H2,1-3H3. The van der Waals surface area contributed by atoms with Crippen molar-refractivity contribution in [3.8, 4) is 0 Å². The molecule has 2 nitrogen and oxygen atoms in total. The van der Waals surface area contributed by atoms with Crippen LogP contribution in [0.25, 0.3) is 0 Å². The maximum Gasteiger partial charge on any atom is 0.0640 e. The summed E-state index contributed by atoms with van der Waals surface area (Å²) in [4.78, 5) is 2.42. The van der Waals surface area contributed by atoms with Crippen molar-refractivity contribution in [2.45, 2.75) is 33.2 Å². The molecule has 0 fully saturated rings. The van der Waals surface area contributed by atoms with E-state index in [0.29, 0.717) is 10.0 Å². The van der Waals surface area contributed by atoms with Crippen LogP contribution in [0.4, 0.5) is 0 Å². The van der Waals surface area contributed by atoms with Crippen LogP contribution >= 0.6 is 23.2 Å². The summed E-state index contributed by atoms with van der Waals surface area (Å²) in [5.41, 5.74) is 1.10. The monoisotopic (exact) mass is 302 g/mol. The van der Waals surface area contributed by atoms with E-state index in [1.807, 2.05) is 12.1 Å². The second kappa shape index (κ2) is 8.80. The molecule has 1 N–H and O–H groups in total. The summed E-state index contributed by atoms with van der Waals surface area (Å²) in [7, 11) is 0. The van der Waals surface area contributed by atoms with E-state index < -0.39 is 0 Å². The van der Waals surface area contributed by atoms with Gasteiger partial charge in [-0.3, -0.25) is 0 Å². The molecule has 1 unspecified atom stereocenters. The number of nitrogens with one attached hydrogen (secondary N) is 1. The van der Waals surface area contributed by atoms with Gasteiger partial charge in [-0.2, -0.15) is 0 Å². The molecule has 0 aliphatic rings. The fourth-order valence-corrected chi connectivity index (χ4v) is 2.69. The largest absolute Gasteiger partial charge is 0.310 e. The van der Waals surface area contributed by atoms with Crippen molar-refractivity contribution in [3.05, 3.63) is 33.8 Å². The van der Waals surface area contributed by atoms with Gasteiger partial charge in [0.25, 0.3) is 0 Å². The van der Waals surface area contributed by atoms with Gasteiger partial charge in [-0.15, -0.1) is 0 Å². The van der Waals surface area contributed by atoms with Crippen molar-refractivity contribution in [1.82, 2.24) is 10.2 Å². The summed E-state index contributed by atoms with van der Waals surface area (Å²) < 4.78 is 0. The zero-order valence-electron chi connectivity index (χ0n) is 12.0. The van der Waals surface area contributed by atoms with Gasteiger partial charge in [0.1, 0.15) is 0 Å². The van der Waals surface area contributed by atoms with Crippen LogP contribution in [0.15, 0.2) is 18.2 Å². The third-order valence-electron chi connectivity index (χ3n) is 3.44. The molecule has 1 aromatic rings. The molecule has 0 bridgehead atoms. The van der Waals surface area contributed by atoms with Gasteiger partial charge in [0.2, 0.25) is 0 Å². The Balaban J connectivity index is 2.79. The SMILES string of the molecule is CCNC(CCN(CC)CC)c1cccc(Cl)c1Cl. The summed E-state index contributed by atoms with van der Waals surface area (Å²) in [6, 6.07) is 6.12. The Morgan fingerprint density at radius 2 is 1.84 bits per heavy atom. The van der Waals surface area contributed by atoms with Crippen molar-refractivity contribution < 1.29 is 0 Å². The molecule has 0 spiro atoms. The van der Waals surface area contributed by atoms with Crippen molar-refractivity contribution in [2.75, 3.05) is 26.2 Å². The van der Waals surface area contributed by atoms with E-state index in [1.54, 1.807) is 0 Å². The molecule has 0 saturated heterocycles. The van der Waals surface area contributed by atoms with Gasteiger partial charge in [0.05, 0.1) is 10.0 Å². The van der Waals surface area contributed by atoms with E-state index in [0.717, 1.165) is 38.2 Å². The van der Waals surface area contributed by atoms with E-state index >= 15 is 0 Å². The average molecular weight is 303 g/mol. The highest BCUT2D eigenvalue weighted by Crippen LogP contribution is 2.31. The van der Waals surface area contributed by atoms with Crippen LogP contribution in [-0.4, -0.2) is 31.1 Å². The van der Waals surface area contributed by atoms with Gasteiger partial charge < -0.3 is 10.2 Å². The number of rotatable bonds is 8. The maximum absolute atomic E-state index is 6.32. The molecule has 1 rings (SSSR count). The van der Waals surface area contributed by atoms with Crippen LogP contribution < -0.4 is 5.32 Å². The minimum absolute atomic E-state index is 0.261. The molecule has 1 atom stereocenters. The Morgan fingerprint density at radius 3 is 2.42 bits per heavy atom.